The summed E-state index contributed by atoms with van der Waals surface area (Å²) in [5, 5.41) is 0. The minimum absolute atomic E-state index is 0.157. The second kappa shape index (κ2) is 8.17. The summed E-state index contributed by atoms with van der Waals surface area (Å²) < 4.78 is 27.6. The number of ether oxygens (including phenoxy) is 1. The Labute approximate surface area is 125 Å². The lowest BCUT2D eigenvalue weighted by molar-refractivity contribution is 0.104. The van der Waals surface area contributed by atoms with E-state index in [0.717, 1.165) is 5.56 Å². The zero-order valence-electron chi connectivity index (χ0n) is 12.8. The molecular formula is C14H22NO5P. The van der Waals surface area contributed by atoms with Gasteiger partial charge in [-0.05, 0) is 19.4 Å². The lowest BCUT2D eigenvalue weighted by Gasteiger charge is -2.24. The van der Waals surface area contributed by atoms with E-state index in [-0.39, 0.29) is 19.0 Å². The monoisotopic (exact) mass is 315 g/mol. The van der Waals surface area contributed by atoms with E-state index in [0.29, 0.717) is 0 Å². The number of hydrogen-bond donors (Lipinski definition) is 0. The predicted octanol–water partition coefficient (Wildman–Crippen LogP) is 3.48. The summed E-state index contributed by atoms with van der Waals surface area (Å²) >= 11 is 0. The number of amides is 1. The molecule has 1 rings (SSSR count). The van der Waals surface area contributed by atoms with E-state index < -0.39 is 13.7 Å². The average Bonchev–Trinajstić information content (AvgIpc) is 2.44. The van der Waals surface area contributed by atoms with Crippen LogP contribution in [0.3, 0.4) is 0 Å². The number of benzene rings is 1. The molecule has 0 radical (unpaired) electrons. The van der Waals surface area contributed by atoms with E-state index in [2.05, 4.69) is 0 Å². The SMILES string of the molecule is COP(=O)(CN(C)C(=O)OCc1ccccc1)OC(C)C. The Morgan fingerprint density at radius 3 is 2.43 bits per heavy atom. The van der Waals surface area contributed by atoms with Crippen molar-refractivity contribution in [2.75, 3.05) is 20.4 Å². The first-order valence-corrected chi connectivity index (χ1v) is 8.34. The molecule has 0 N–H and O–H groups in total. The Hall–Kier alpha value is -1.36. The normalized spacial score (nSPS) is 13.8. The topological polar surface area (TPSA) is 65.1 Å². The third kappa shape index (κ3) is 6.29. The molecule has 7 heteroatoms. The Kier molecular flexibility index (Phi) is 6.89. The van der Waals surface area contributed by atoms with Gasteiger partial charge in [0.25, 0.3) is 0 Å². The van der Waals surface area contributed by atoms with Crippen molar-refractivity contribution in [3.8, 4) is 0 Å². The van der Waals surface area contributed by atoms with Gasteiger partial charge in [0, 0.05) is 14.2 Å². The molecule has 21 heavy (non-hydrogen) atoms. The third-order valence-corrected chi connectivity index (χ3v) is 4.62. The maximum Gasteiger partial charge on any atom is 0.410 e. The number of hydrogen-bond acceptors (Lipinski definition) is 5. The van der Waals surface area contributed by atoms with E-state index in [4.69, 9.17) is 13.8 Å². The first kappa shape index (κ1) is 17.7. The summed E-state index contributed by atoms with van der Waals surface area (Å²) in [6, 6.07) is 9.32. The quantitative estimate of drug-likeness (QED) is 0.721. The van der Waals surface area contributed by atoms with Crippen molar-refractivity contribution in [2.45, 2.75) is 26.6 Å². The lowest BCUT2D eigenvalue weighted by Crippen LogP contribution is -2.29. The first-order valence-electron chi connectivity index (χ1n) is 6.61. The van der Waals surface area contributed by atoms with Crippen LogP contribution in [0.25, 0.3) is 0 Å². The Bertz CT molecular complexity index is 491. The van der Waals surface area contributed by atoms with Gasteiger partial charge >= 0.3 is 13.7 Å². The molecule has 0 spiro atoms. The van der Waals surface area contributed by atoms with Gasteiger partial charge in [-0.3, -0.25) is 9.46 Å². The molecule has 0 fully saturated rings. The summed E-state index contributed by atoms with van der Waals surface area (Å²) in [6.07, 6.45) is -0.997. The van der Waals surface area contributed by atoms with Crippen molar-refractivity contribution in [3.05, 3.63) is 35.9 Å². The summed E-state index contributed by atoms with van der Waals surface area (Å²) in [4.78, 5) is 13.1. The molecule has 0 aromatic heterocycles. The van der Waals surface area contributed by atoms with Crippen molar-refractivity contribution in [2.24, 2.45) is 0 Å². The number of carbonyl (C=O) groups is 1. The van der Waals surface area contributed by atoms with Crippen molar-refractivity contribution < 1.29 is 23.1 Å². The van der Waals surface area contributed by atoms with E-state index in [9.17, 15) is 9.36 Å². The van der Waals surface area contributed by atoms with Gasteiger partial charge < -0.3 is 13.8 Å². The van der Waals surface area contributed by atoms with Crippen LogP contribution < -0.4 is 0 Å². The molecule has 0 aliphatic rings. The minimum atomic E-state index is -3.34. The van der Waals surface area contributed by atoms with Crippen LogP contribution >= 0.6 is 7.60 Å². The fourth-order valence-corrected chi connectivity index (χ4v) is 3.15. The maximum absolute atomic E-state index is 12.3. The van der Waals surface area contributed by atoms with E-state index in [1.165, 1.54) is 19.1 Å². The van der Waals surface area contributed by atoms with Crippen molar-refractivity contribution >= 4 is 13.7 Å². The van der Waals surface area contributed by atoms with Crippen LogP contribution in [0.15, 0.2) is 30.3 Å². The Morgan fingerprint density at radius 2 is 1.90 bits per heavy atom. The van der Waals surface area contributed by atoms with Gasteiger partial charge in [-0.1, -0.05) is 30.3 Å². The Balaban J connectivity index is 2.52. The zero-order valence-corrected chi connectivity index (χ0v) is 13.7. The molecule has 1 aromatic carbocycles. The van der Waals surface area contributed by atoms with Crippen LogP contribution in [0.1, 0.15) is 19.4 Å². The standard InChI is InChI=1S/C14H22NO5P/c1-12(2)20-21(17,18-4)11-15(3)14(16)19-10-13-8-6-5-7-9-13/h5-9,12H,10-11H2,1-4H3. The van der Waals surface area contributed by atoms with Crippen LogP contribution in [-0.4, -0.2) is 37.5 Å². The molecule has 0 bridgehead atoms. The molecule has 118 valence electrons. The molecule has 0 saturated heterocycles. The molecule has 0 saturated carbocycles. The van der Waals surface area contributed by atoms with Gasteiger partial charge in [-0.2, -0.15) is 0 Å². The summed E-state index contributed by atoms with van der Waals surface area (Å²) in [6.45, 7) is 3.66. The fraction of sp³-hybridized carbons (Fsp3) is 0.500. The summed E-state index contributed by atoms with van der Waals surface area (Å²) in [5.74, 6) is 0. The number of carbonyl (C=O) groups excluding carboxylic acids is 1. The third-order valence-electron chi connectivity index (χ3n) is 2.55. The van der Waals surface area contributed by atoms with Crippen molar-refractivity contribution in [1.82, 2.24) is 4.90 Å². The molecule has 0 aliphatic carbocycles. The highest BCUT2D eigenvalue weighted by atomic mass is 31.2. The molecule has 6 nitrogen and oxygen atoms in total. The smallest absolute Gasteiger partial charge is 0.410 e. The summed E-state index contributed by atoms with van der Waals surface area (Å²) in [7, 11) is -0.550. The zero-order chi connectivity index (χ0) is 15.9. The second-order valence-electron chi connectivity index (χ2n) is 4.83. The van der Waals surface area contributed by atoms with Gasteiger partial charge in [-0.15, -0.1) is 0 Å². The number of rotatable bonds is 7. The van der Waals surface area contributed by atoms with Gasteiger partial charge in [0.2, 0.25) is 0 Å². The molecule has 1 unspecified atom stereocenters. The van der Waals surface area contributed by atoms with Crippen LogP contribution in [0, 0.1) is 0 Å². The second-order valence-corrected chi connectivity index (χ2v) is 6.91. The van der Waals surface area contributed by atoms with Crippen LogP contribution in [-0.2, 0) is 25.0 Å². The highest BCUT2D eigenvalue weighted by Crippen LogP contribution is 2.48. The van der Waals surface area contributed by atoms with Crippen molar-refractivity contribution in [3.63, 3.8) is 0 Å². The first-order chi connectivity index (χ1) is 9.86. The highest BCUT2D eigenvalue weighted by molar-refractivity contribution is 7.53. The van der Waals surface area contributed by atoms with E-state index in [1.807, 2.05) is 30.3 Å². The van der Waals surface area contributed by atoms with Crippen LogP contribution in [0.2, 0.25) is 0 Å². The van der Waals surface area contributed by atoms with Crippen molar-refractivity contribution in [1.29, 1.82) is 0 Å². The predicted molar refractivity (Wildman–Crippen MR) is 80.1 cm³/mol. The van der Waals surface area contributed by atoms with Gasteiger partial charge in [0.1, 0.15) is 12.9 Å². The largest absolute Gasteiger partial charge is 0.445 e. The van der Waals surface area contributed by atoms with E-state index in [1.54, 1.807) is 13.8 Å². The summed E-state index contributed by atoms with van der Waals surface area (Å²) in [5.41, 5.74) is 0.882. The number of nitrogens with zero attached hydrogens (tertiary/aromatic N) is 1. The Morgan fingerprint density at radius 1 is 1.29 bits per heavy atom. The molecule has 1 aromatic rings. The maximum atomic E-state index is 12.3. The molecule has 0 heterocycles. The van der Waals surface area contributed by atoms with Gasteiger partial charge in [-0.25, -0.2) is 4.79 Å². The van der Waals surface area contributed by atoms with Crippen LogP contribution in [0.4, 0.5) is 4.79 Å². The minimum Gasteiger partial charge on any atom is -0.445 e. The fourth-order valence-electron chi connectivity index (χ4n) is 1.60. The molecule has 1 amide bonds. The van der Waals surface area contributed by atoms with Crippen LogP contribution in [0.5, 0.6) is 0 Å². The average molecular weight is 315 g/mol. The van der Waals surface area contributed by atoms with Gasteiger partial charge in [0.05, 0.1) is 6.10 Å². The highest BCUT2D eigenvalue weighted by Gasteiger charge is 2.29. The van der Waals surface area contributed by atoms with Gasteiger partial charge in [0.15, 0.2) is 0 Å². The molecular weight excluding hydrogens is 293 g/mol. The molecule has 1 atom stereocenters. The molecule has 0 aliphatic heterocycles. The van der Waals surface area contributed by atoms with E-state index >= 15 is 0 Å². The lowest BCUT2D eigenvalue weighted by atomic mass is 10.2.